The third-order valence-electron chi connectivity index (χ3n) is 3.85. The molecule has 132 valence electrons. The minimum atomic E-state index is -0.0944. The van der Waals surface area contributed by atoms with Crippen LogP contribution in [0.2, 0.25) is 0 Å². The third kappa shape index (κ3) is 5.91. The second-order valence-electron chi connectivity index (χ2n) is 5.63. The summed E-state index contributed by atoms with van der Waals surface area (Å²) in [4.78, 5) is 29.5. The molecule has 6 nitrogen and oxygen atoms in total. The summed E-state index contributed by atoms with van der Waals surface area (Å²) in [6.07, 6.45) is 3.62. The maximum Gasteiger partial charge on any atom is 0.222 e. The number of aromatic nitrogens is 1. The minimum Gasteiger partial charge on any atom is -0.496 e. The zero-order valence-electron chi connectivity index (χ0n) is 14.6. The van der Waals surface area contributed by atoms with Gasteiger partial charge in [-0.3, -0.25) is 14.6 Å². The summed E-state index contributed by atoms with van der Waals surface area (Å²) in [7, 11) is 1.60. The van der Waals surface area contributed by atoms with E-state index in [0.29, 0.717) is 19.6 Å². The maximum atomic E-state index is 12.0. The van der Waals surface area contributed by atoms with Crippen LogP contribution in [-0.2, 0) is 22.7 Å². The van der Waals surface area contributed by atoms with E-state index in [4.69, 9.17) is 4.74 Å². The van der Waals surface area contributed by atoms with Crippen molar-refractivity contribution in [3.05, 3.63) is 59.9 Å². The molecule has 0 aliphatic rings. The monoisotopic (exact) mass is 341 g/mol. The highest BCUT2D eigenvalue weighted by atomic mass is 16.5. The lowest BCUT2D eigenvalue weighted by atomic mass is 10.2. The molecule has 0 bridgehead atoms. The van der Waals surface area contributed by atoms with Crippen LogP contribution in [-0.4, -0.2) is 35.4 Å². The molecule has 25 heavy (non-hydrogen) atoms. The van der Waals surface area contributed by atoms with Gasteiger partial charge < -0.3 is 15.0 Å². The first-order valence-electron chi connectivity index (χ1n) is 8.13. The number of pyridine rings is 1. The van der Waals surface area contributed by atoms with Crippen molar-refractivity contribution in [1.82, 2.24) is 15.2 Å². The molecule has 0 saturated carbocycles. The van der Waals surface area contributed by atoms with Crippen molar-refractivity contribution in [2.75, 3.05) is 13.7 Å². The van der Waals surface area contributed by atoms with E-state index in [1.165, 1.54) is 6.92 Å². The van der Waals surface area contributed by atoms with E-state index in [1.54, 1.807) is 24.4 Å². The van der Waals surface area contributed by atoms with E-state index < -0.39 is 0 Å². The highest BCUT2D eigenvalue weighted by molar-refractivity contribution is 5.78. The van der Waals surface area contributed by atoms with Crippen molar-refractivity contribution in [1.29, 1.82) is 0 Å². The Kier molecular flexibility index (Phi) is 6.95. The number of nitrogens with one attached hydrogen (secondary N) is 1. The molecule has 1 aromatic carbocycles. The predicted molar refractivity (Wildman–Crippen MR) is 94.8 cm³/mol. The van der Waals surface area contributed by atoms with E-state index in [-0.39, 0.29) is 18.2 Å². The SMILES string of the molecule is COc1ccccc1CN(CCC(=O)NCc1ccncc1)C(C)=O. The number of nitrogens with zero attached hydrogens (tertiary/aromatic N) is 2. The van der Waals surface area contributed by atoms with Gasteiger partial charge in [0, 0.05) is 50.9 Å². The zero-order chi connectivity index (χ0) is 18.1. The molecule has 1 heterocycles. The van der Waals surface area contributed by atoms with Crippen molar-refractivity contribution >= 4 is 11.8 Å². The lowest BCUT2D eigenvalue weighted by molar-refractivity contribution is -0.130. The maximum absolute atomic E-state index is 12.0. The molecule has 0 atom stereocenters. The number of amides is 2. The Hall–Kier alpha value is -2.89. The van der Waals surface area contributed by atoms with Crippen LogP contribution in [0.3, 0.4) is 0 Å². The molecule has 0 aliphatic carbocycles. The van der Waals surface area contributed by atoms with Crippen molar-refractivity contribution in [3.63, 3.8) is 0 Å². The molecule has 0 unspecified atom stereocenters. The molecule has 0 fully saturated rings. The number of methoxy groups -OCH3 is 1. The van der Waals surface area contributed by atoms with E-state index >= 15 is 0 Å². The number of carbonyl (C=O) groups excluding carboxylic acids is 2. The van der Waals surface area contributed by atoms with Crippen LogP contribution in [0.15, 0.2) is 48.8 Å². The van der Waals surface area contributed by atoms with Gasteiger partial charge in [-0.1, -0.05) is 18.2 Å². The molecule has 0 spiro atoms. The Bertz CT molecular complexity index is 704. The van der Waals surface area contributed by atoms with E-state index in [1.807, 2.05) is 36.4 Å². The van der Waals surface area contributed by atoms with Gasteiger partial charge in [-0.05, 0) is 23.8 Å². The first-order chi connectivity index (χ1) is 12.1. The summed E-state index contributed by atoms with van der Waals surface area (Å²) < 4.78 is 5.32. The average Bonchev–Trinajstić information content (AvgIpc) is 2.64. The van der Waals surface area contributed by atoms with Gasteiger partial charge in [0.25, 0.3) is 0 Å². The molecular weight excluding hydrogens is 318 g/mol. The summed E-state index contributed by atoms with van der Waals surface area (Å²) in [5, 5.41) is 2.85. The number of ether oxygens (including phenoxy) is 1. The smallest absolute Gasteiger partial charge is 0.222 e. The summed E-state index contributed by atoms with van der Waals surface area (Å²) in [5.41, 5.74) is 1.90. The van der Waals surface area contributed by atoms with Gasteiger partial charge in [0.2, 0.25) is 11.8 Å². The fraction of sp³-hybridized carbons (Fsp3) is 0.316. The van der Waals surface area contributed by atoms with Gasteiger partial charge in [-0.25, -0.2) is 0 Å². The van der Waals surface area contributed by atoms with Crippen LogP contribution in [0, 0.1) is 0 Å². The minimum absolute atomic E-state index is 0.0761. The molecule has 1 N–H and O–H groups in total. The van der Waals surface area contributed by atoms with Gasteiger partial charge in [-0.2, -0.15) is 0 Å². The predicted octanol–water partition coefficient (Wildman–Crippen LogP) is 2.15. The van der Waals surface area contributed by atoms with E-state index in [9.17, 15) is 9.59 Å². The number of carbonyl (C=O) groups is 2. The Morgan fingerprint density at radius 1 is 1.16 bits per heavy atom. The zero-order valence-corrected chi connectivity index (χ0v) is 14.6. The largest absolute Gasteiger partial charge is 0.496 e. The van der Waals surface area contributed by atoms with E-state index in [2.05, 4.69) is 10.3 Å². The van der Waals surface area contributed by atoms with Gasteiger partial charge in [0.15, 0.2) is 0 Å². The van der Waals surface area contributed by atoms with Crippen LogP contribution >= 0.6 is 0 Å². The van der Waals surface area contributed by atoms with Gasteiger partial charge in [-0.15, -0.1) is 0 Å². The van der Waals surface area contributed by atoms with Crippen LogP contribution in [0.25, 0.3) is 0 Å². The number of rotatable bonds is 8. The molecule has 0 saturated heterocycles. The molecule has 2 aromatic rings. The Labute approximate surface area is 147 Å². The van der Waals surface area contributed by atoms with E-state index in [0.717, 1.165) is 16.9 Å². The first-order valence-corrected chi connectivity index (χ1v) is 8.13. The fourth-order valence-corrected chi connectivity index (χ4v) is 2.41. The number of para-hydroxylation sites is 1. The van der Waals surface area contributed by atoms with Gasteiger partial charge in [0.1, 0.15) is 5.75 Å². The molecule has 6 heteroatoms. The van der Waals surface area contributed by atoms with Crippen LogP contribution in [0.5, 0.6) is 5.75 Å². The van der Waals surface area contributed by atoms with Crippen LogP contribution < -0.4 is 10.1 Å². The van der Waals surface area contributed by atoms with Crippen molar-refractivity contribution in [2.24, 2.45) is 0 Å². The van der Waals surface area contributed by atoms with Crippen LogP contribution in [0.1, 0.15) is 24.5 Å². The number of benzene rings is 1. The fourth-order valence-electron chi connectivity index (χ4n) is 2.41. The number of hydrogen-bond acceptors (Lipinski definition) is 4. The lowest BCUT2D eigenvalue weighted by Crippen LogP contribution is -2.33. The average molecular weight is 341 g/mol. The molecular formula is C19H23N3O3. The highest BCUT2D eigenvalue weighted by Gasteiger charge is 2.14. The molecule has 2 rings (SSSR count). The Morgan fingerprint density at radius 3 is 2.56 bits per heavy atom. The molecule has 0 radical (unpaired) electrons. The quantitative estimate of drug-likeness (QED) is 0.798. The third-order valence-corrected chi connectivity index (χ3v) is 3.85. The first kappa shape index (κ1) is 18.4. The lowest BCUT2D eigenvalue weighted by Gasteiger charge is -2.22. The second kappa shape index (κ2) is 9.42. The van der Waals surface area contributed by atoms with Gasteiger partial charge >= 0.3 is 0 Å². The Balaban J connectivity index is 1.86. The van der Waals surface area contributed by atoms with Crippen molar-refractivity contribution < 1.29 is 14.3 Å². The van der Waals surface area contributed by atoms with Crippen LogP contribution in [0.4, 0.5) is 0 Å². The second-order valence-corrected chi connectivity index (χ2v) is 5.63. The topological polar surface area (TPSA) is 71.5 Å². The normalized spacial score (nSPS) is 10.2. The standard InChI is InChI=1S/C19H23N3O3/c1-15(23)22(14-17-5-3-4-6-18(17)25-2)12-9-19(24)21-13-16-7-10-20-11-8-16/h3-8,10-11H,9,12-14H2,1-2H3,(H,21,24). The Morgan fingerprint density at radius 2 is 1.88 bits per heavy atom. The molecule has 0 aliphatic heterocycles. The molecule has 2 amide bonds. The summed E-state index contributed by atoms with van der Waals surface area (Å²) >= 11 is 0. The number of hydrogen-bond donors (Lipinski definition) is 1. The van der Waals surface area contributed by atoms with Crippen molar-refractivity contribution in [3.8, 4) is 5.75 Å². The van der Waals surface area contributed by atoms with Crippen molar-refractivity contribution in [2.45, 2.75) is 26.4 Å². The molecule has 1 aromatic heterocycles. The summed E-state index contributed by atoms with van der Waals surface area (Å²) in [6.45, 7) is 2.73. The summed E-state index contributed by atoms with van der Waals surface area (Å²) in [5.74, 6) is 0.562. The summed E-state index contributed by atoms with van der Waals surface area (Å²) in [6, 6.07) is 11.3. The highest BCUT2D eigenvalue weighted by Crippen LogP contribution is 2.19. The van der Waals surface area contributed by atoms with Gasteiger partial charge in [0.05, 0.1) is 7.11 Å².